The Balaban J connectivity index is 2.31. The molecule has 8 heteroatoms. The van der Waals surface area contributed by atoms with Crippen LogP contribution >= 0.6 is 0 Å². The second-order valence-electron chi connectivity index (χ2n) is 4.80. The Bertz CT molecular complexity index is 547. The van der Waals surface area contributed by atoms with Crippen molar-refractivity contribution in [2.24, 2.45) is 5.84 Å². The Kier molecular flexibility index (Phi) is 4.92. The highest BCUT2D eigenvalue weighted by atomic mass is 32.2. The van der Waals surface area contributed by atoms with E-state index in [-0.39, 0.29) is 17.5 Å². The summed E-state index contributed by atoms with van der Waals surface area (Å²) >= 11 is 0. The van der Waals surface area contributed by atoms with Gasteiger partial charge in [0, 0.05) is 31.5 Å². The van der Waals surface area contributed by atoms with Crippen LogP contribution in [0.2, 0.25) is 0 Å². The fourth-order valence-electron chi connectivity index (χ4n) is 2.51. The van der Waals surface area contributed by atoms with E-state index in [1.807, 2.05) is 0 Å². The van der Waals surface area contributed by atoms with E-state index in [2.05, 4.69) is 10.4 Å². The smallest absolute Gasteiger partial charge is 0.243 e. The maximum Gasteiger partial charge on any atom is 0.243 e. The number of hydrazine groups is 1. The van der Waals surface area contributed by atoms with E-state index < -0.39 is 10.0 Å². The molecular weight excluding hydrogens is 280 g/mol. The minimum absolute atomic E-state index is 0.0113. The first-order valence-electron chi connectivity index (χ1n) is 6.65. The number of nitrogens with zero attached hydrogens (tertiary/aromatic N) is 2. The molecule has 0 spiro atoms. The van der Waals surface area contributed by atoms with Gasteiger partial charge in [-0.2, -0.15) is 4.31 Å². The Morgan fingerprint density at radius 1 is 1.50 bits per heavy atom. The molecule has 1 saturated heterocycles. The quantitative estimate of drug-likeness (QED) is 0.533. The third-order valence-electron chi connectivity index (χ3n) is 3.52. The van der Waals surface area contributed by atoms with Gasteiger partial charge in [0.2, 0.25) is 10.0 Å². The predicted molar refractivity (Wildman–Crippen MR) is 75.3 cm³/mol. The standard InChI is InChI=1S/C12H20N4O3S/c13-15-12-9-11(4-6-14-12)20(18,19)16-7-2-1-3-10(16)5-8-17/h4,6,9-10,17H,1-3,5,7-8,13H2,(H,14,15). The summed E-state index contributed by atoms with van der Waals surface area (Å²) < 4.78 is 26.9. The van der Waals surface area contributed by atoms with Crippen LogP contribution in [0.4, 0.5) is 5.82 Å². The molecule has 7 nitrogen and oxygen atoms in total. The Morgan fingerprint density at radius 2 is 2.30 bits per heavy atom. The highest BCUT2D eigenvalue weighted by Gasteiger charge is 2.33. The fourth-order valence-corrected chi connectivity index (χ4v) is 4.25. The van der Waals surface area contributed by atoms with Crippen molar-refractivity contribution in [1.29, 1.82) is 0 Å². The fraction of sp³-hybridized carbons (Fsp3) is 0.583. The van der Waals surface area contributed by atoms with Gasteiger partial charge in [-0.15, -0.1) is 0 Å². The van der Waals surface area contributed by atoms with E-state index in [1.165, 1.54) is 22.6 Å². The number of piperidine rings is 1. The summed E-state index contributed by atoms with van der Waals surface area (Å²) in [5.74, 6) is 5.57. The molecule has 4 N–H and O–H groups in total. The minimum atomic E-state index is -3.58. The summed E-state index contributed by atoms with van der Waals surface area (Å²) in [4.78, 5) is 4.08. The molecule has 1 fully saturated rings. The zero-order chi connectivity index (χ0) is 14.6. The third kappa shape index (κ3) is 3.09. The molecule has 1 aliphatic rings. The number of nitrogen functional groups attached to an aromatic ring is 1. The number of hydrogen-bond donors (Lipinski definition) is 3. The molecule has 20 heavy (non-hydrogen) atoms. The van der Waals surface area contributed by atoms with E-state index in [0.717, 1.165) is 19.3 Å². The van der Waals surface area contributed by atoms with Gasteiger partial charge in [0.05, 0.1) is 4.90 Å². The van der Waals surface area contributed by atoms with Crippen molar-refractivity contribution in [2.45, 2.75) is 36.6 Å². The molecule has 1 atom stereocenters. The first kappa shape index (κ1) is 15.2. The summed E-state index contributed by atoms with van der Waals surface area (Å²) in [6.45, 7) is 0.476. The monoisotopic (exact) mass is 300 g/mol. The molecule has 0 aromatic carbocycles. The normalized spacial score (nSPS) is 20.8. The van der Waals surface area contributed by atoms with E-state index in [4.69, 9.17) is 10.9 Å². The SMILES string of the molecule is NNc1cc(S(=O)(=O)N2CCCCC2CCO)ccn1. The minimum Gasteiger partial charge on any atom is -0.396 e. The molecule has 112 valence electrons. The van der Waals surface area contributed by atoms with E-state index >= 15 is 0 Å². The zero-order valence-electron chi connectivity index (χ0n) is 11.2. The number of hydrogen-bond acceptors (Lipinski definition) is 6. The number of aliphatic hydroxyl groups excluding tert-OH is 1. The zero-order valence-corrected chi connectivity index (χ0v) is 12.0. The Hall–Kier alpha value is -1.22. The van der Waals surface area contributed by atoms with E-state index in [1.54, 1.807) is 0 Å². The van der Waals surface area contributed by atoms with E-state index in [0.29, 0.717) is 18.8 Å². The Labute approximate surface area is 118 Å². The molecule has 0 radical (unpaired) electrons. The van der Waals surface area contributed by atoms with Gasteiger partial charge in [-0.1, -0.05) is 6.42 Å². The maximum atomic E-state index is 12.7. The van der Waals surface area contributed by atoms with Crippen LogP contribution < -0.4 is 11.3 Å². The van der Waals surface area contributed by atoms with Crippen molar-refractivity contribution >= 4 is 15.8 Å². The first-order valence-corrected chi connectivity index (χ1v) is 8.09. The van der Waals surface area contributed by atoms with Gasteiger partial charge < -0.3 is 10.5 Å². The van der Waals surface area contributed by atoms with Crippen molar-refractivity contribution in [3.05, 3.63) is 18.3 Å². The van der Waals surface area contributed by atoms with Crippen molar-refractivity contribution in [2.75, 3.05) is 18.6 Å². The highest BCUT2D eigenvalue weighted by Crippen LogP contribution is 2.27. The lowest BCUT2D eigenvalue weighted by Crippen LogP contribution is -2.44. The molecule has 2 heterocycles. The summed E-state index contributed by atoms with van der Waals surface area (Å²) in [5.41, 5.74) is 2.34. The molecule has 1 aliphatic heterocycles. The summed E-state index contributed by atoms with van der Waals surface area (Å²) in [7, 11) is -3.58. The van der Waals surface area contributed by atoms with Gasteiger partial charge in [0.25, 0.3) is 0 Å². The maximum absolute atomic E-state index is 12.7. The Morgan fingerprint density at radius 3 is 3.00 bits per heavy atom. The van der Waals surface area contributed by atoms with Crippen LogP contribution in [-0.4, -0.2) is 42.0 Å². The second kappa shape index (κ2) is 6.49. The third-order valence-corrected chi connectivity index (χ3v) is 5.47. The van der Waals surface area contributed by atoms with Crippen molar-refractivity contribution in [3.8, 4) is 0 Å². The van der Waals surface area contributed by atoms with Crippen LogP contribution in [0.1, 0.15) is 25.7 Å². The molecule has 0 amide bonds. The van der Waals surface area contributed by atoms with Gasteiger partial charge in [0.1, 0.15) is 5.82 Å². The van der Waals surface area contributed by atoms with Gasteiger partial charge in [-0.3, -0.25) is 0 Å². The lowest BCUT2D eigenvalue weighted by Gasteiger charge is -2.34. The summed E-state index contributed by atoms with van der Waals surface area (Å²) in [6, 6.07) is 2.74. The largest absolute Gasteiger partial charge is 0.396 e. The van der Waals surface area contributed by atoms with Gasteiger partial charge in [-0.25, -0.2) is 19.2 Å². The van der Waals surface area contributed by atoms with E-state index in [9.17, 15) is 8.42 Å². The topological polar surface area (TPSA) is 109 Å². The first-order chi connectivity index (χ1) is 9.59. The number of sulfonamides is 1. The number of rotatable bonds is 5. The molecular formula is C12H20N4O3S. The number of pyridine rings is 1. The summed E-state index contributed by atoms with van der Waals surface area (Å²) in [6.07, 6.45) is 4.49. The van der Waals surface area contributed by atoms with Crippen LogP contribution in [0.3, 0.4) is 0 Å². The van der Waals surface area contributed by atoms with Crippen LogP contribution in [0, 0.1) is 0 Å². The number of anilines is 1. The number of nitrogens with two attached hydrogens (primary N) is 1. The predicted octanol–water partition coefficient (Wildman–Crippen LogP) is 0.293. The number of aromatic nitrogens is 1. The lowest BCUT2D eigenvalue weighted by molar-refractivity contribution is 0.192. The number of aliphatic hydroxyl groups is 1. The average Bonchev–Trinajstić information content (AvgIpc) is 2.48. The number of nitrogens with one attached hydrogen (secondary N) is 1. The second-order valence-corrected chi connectivity index (χ2v) is 6.69. The average molecular weight is 300 g/mol. The van der Waals surface area contributed by atoms with Crippen LogP contribution in [0.15, 0.2) is 23.2 Å². The van der Waals surface area contributed by atoms with Crippen LogP contribution in [-0.2, 0) is 10.0 Å². The van der Waals surface area contributed by atoms with Crippen LogP contribution in [0.25, 0.3) is 0 Å². The molecule has 1 aromatic rings. The van der Waals surface area contributed by atoms with Crippen molar-refractivity contribution in [1.82, 2.24) is 9.29 Å². The highest BCUT2D eigenvalue weighted by molar-refractivity contribution is 7.89. The molecule has 0 saturated carbocycles. The van der Waals surface area contributed by atoms with Gasteiger partial charge in [0.15, 0.2) is 0 Å². The van der Waals surface area contributed by atoms with Gasteiger partial charge in [-0.05, 0) is 25.3 Å². The van der Waals surface area contributed by atoms with Crippen LogP contribution in [0.5, 0.6) is 0 Å². The molecule has 1 unspecified atom stereocenters. The van der Waals surface area contributed by atoms with Crippen molar-refractivity contribution < 1.29 is 13.5 Å². The lowest BCUT2D eigenvalue weighted by atomic mass is 10.0. The molecule has 0 aliphatic carbocycles. The molecule has 2 rings (SSSR count). The van der Waals surface area contributed by atoms with Gasteiger partial charge >= 0.3 is 0 Å². The molecule has 1 aromatic heterocycles. The van der Waals surface area contributed by atoms with Crippen molar-refractivity contribution in [3.63, 3.8) is 0 Å². The summed E-state index contributed by atoms with van der Waals surface area (Å²) in [5, 5.41) is 9.10. The molecule has 0 bridgehead atoms.